The van der Waals surface area contributed by atoms with E-state index >= 15 is 0 Å². The van der Waals surface area contributed by atoms with Gasteiger partial charge in [0.05, 0.1) is 6.61 Å². The molecule has 2 aromatic carbocycles. The Kier molecular flexibility index (Phi) is 21.8. The molecule has 9 nitrogen and oxygen atoms in total. The molecular formula is C31H41O9Os. The van der Waals surface area contributed by atoms with Gasteiger partial charge in [0.2, 0.25) is 6.29 Å². The van der Waals surface area contributed by atoms with Gasteiger partial charge in [-0.25, -0.2) is 4.79 Å². The molecule has 1 radical (unpaired) electrons. The van der Waals surface area contributed by atoms with E-state index in [9.17, 15) is 19.2 Å². The van der Waals surface area contributed by atoms with Crippen LogP contribution in [0.25, 0.3) is 0 Å². The summed E-state index contributed by atoms with van der Waals surface area (Å²) in [6.07, 6.45) is 5.66. The number of carbonyl (C=O) groups excluding carboxylic acids is 3. The summed E-state index contributed by atoms with van der Waals surface area (Å²) in [4.78, 5) is 43.2. The quantitative estimate of drug-likeness (QED) is 0.205. The second kappa shape index (κ2) is 23.6. The molecule has 2 aromatic rings. The first-order valence-electron chi connectivity index (χ1n) is 13.7. The molecule has 3 rings (SSSR count). The number of carboxylic acids is 1. The van der Waals surface area contributed by atoms with Gasteiger partial charge in [0.25, 0.3) is 0 Å². The summed E-state index contributed by atoms with van der Waals surface area (Å²) in [7, 11) is 0. The van der Waals surface area contributed by atoms with Gasteiger partial charge in [-0.15, -0.1) is 0 Å². The number of ether oxygens (including phenoxy) is 4. The zero-order chi connectivity index (χ0) is 29.6. The van der Waals surface area contributed by atoms with E-state index < -0.39 is 18.2 Å². The van der Waals surface area contributed by atoms with Crippen molar-refractivity contribution in [3.63, 3.8) is 0 Å². The molecule has 10 heteroatoms. The first kappa shape index (κ1) is 37.9. The number of rotatable bonds is 12. The van der Waals surface area contributed by atoms with Gasteiger partial charge in [-0.2, -0.15) is 6.42 Å². The average Bonchev–Trinajstić information content (AvgIpc) is 2.94. The minimum atomic E-state index is -0.711. The second-order valence-corrected chi connectivity index (χ2v) is 8.90. The molecule has 41 heavy (non-hydrogen) atoms. The van der Waals surface area contributed by atoms with Crippen LogP contribution in [-0.2, 0) is 55.0 Å². The van der Waals surface area contributed by atoms with Crippen LogP contribution in [0, 0.1) is 0 Å². The first-order chi connectivity index (χ1) is 19.3. The van der Waals surface area contributed by atoms with Crippen molar-refractivity contribution in [1.29, 1.82) is 0 Å². The van der Waals surface area contributed by atoms with Gasteiger partial charge in [0.1, 0.15) is 24.0 Å². The van der Waals surface area contributed by atoms with Crippen molar-refractivity contribution in [3.05, 3.63) is 65.7 Å². The van der Waals surface area contributed by atoms with E-state index in [0.717, 1.165) is 24.8 Å². The van der Waals surface area contributed by atoms with Crippen LogP contribution in [0.1, 0.15) is 88.1 Å². The molecule has 227 valence electrons. The van der Waals surface area contributed by atoms with Gasteiger partial charge in [0, 0.05) is 25.7 Å². The van der Waals surface area contributed by atoms with Crippen LogP contribution < -0.4 is 4.74 Å². The number of carbonyl (C=O) groups is 3. The SMILES string of the molecule is CCCC(=O)O.CCCC(=O)OC1CCOC(Oc2ccccc2C(=O)OCc2ccccc2)C1.CCC[C-]=O.[Os+]. The Hall–Kier alpha value is -3.08. The molecule has 1 N–H and O–H groups in total. The third-order valence-corrected chi connectivity index (χ3v) is 5.35. The van der Waals surface area contributed by atoms with Crippen molar-refractivity contribution < 1.29 is 63.0 Å². The van der Waals surface area contributed by atoms with E-state index in [1.54, 1.807) is 30.6 Å². The molecule has 0 aliphatic carbocycles. The predicted molar refractivity (Wildman–Crippen MR) is 150 cm³/mol. The minimum Gasteiger partial charge on any atom is -0.542 e. The monoisotopic (exact) mass is 749 g/mol. The molecule has 0 bridgehead atoms. The molecule has 0 amide bonds. The van der Waals surface area contributed by atoms with E-state index in [0.29, 0.717) is 50.0 Å². The van der Waals surface area contributed by atoms with Gasteiger partial charge in [-0.1, -0.05) is 69.7 Å². The Morgan fingerprint density at radius 3 is 2.17 bits per heavy atom. The molecular weight excluding hydrogens is 707 g/mol. The molecule has 2 unspecified atom stereocenters. The summed E-state index contributed by atoms with van der Waals surface area (Å²) in [5, 5.41) is 7.91. The van der Waals surface area contributed by atoms with Crippen LogP contribution in [0.2, 0.25) is 0 Å². The molecule has 0 aromatic heterocycles. The molecule has 1 aliphatic rings. The van der Waals surface area contributed by atoms with Gasteiger partial charge >= 0.3 is 37.7 Å². The normalized spacial score (nSPS) is 15.3. The summed E-state index contributed by atoms with van der Waals surface area (Å²) in [6, 6.07) is 16.4. The number of unbranched alkanes of at least 4 members (excludes halogenated alkanes) is 1. The number of benzene rings is 2. The van der Waals surface area contributed by atoms with Crippen LogP contribution in [0.5, 0.6) is 5.75 Å². The number of hydrogen-bond acceptors (Lipinski definition) is 8. The van der Waals surface area contributed by atoms with Crippen LogP contribution in [0.4, 0.5) is 0 Å². The smallest absolute Gasteiger partial charge is 0.542 e. The second-order valence-electron chi connectivity index (χ2n) is 8.90. The van der Waals surface area contributed by atoms with Gasteiger partial charge < -0.3 is 28.8 Å². The van der Waals surface area contributed by atoms with E-state index in [2.05, 4.69) is 0 Å². The van der Waals surface area contributed by atoms with Crippen molar-refractivity contribution in [2.24, 2.45) is 0 Å². The summed E-state index contributed by atoms with van der Waals surface area (Å²) < 4.78 is 22.5. The van der Waals surface area contributed by atoms with Gasteiger partial charge in [-0.05, 0) is 30.5 Å². The van der Waals surface area contributed by atoms with E-state index in [1.165, 1.54) is 0 Å². The first-order valence-corrected chi connectivity index (χ1v) is 13.7. The predicted octanol–water partition coefficient (Wildman–Crippen LogP) is 6.04. The molecule has 1 heterocycles. The number of esters is 2. The number of para-hydroxylation sites is 1. The van der Waals surface area contributed by atoms with Crippen LogP contribution in [0.3, 0.4) is 0 Å². The van der Waals surface area contributed by atoms with Crippen molar-refractivity contribution in [2.45, 2.75) is 91.1 Å². The zero-order valence-electron chi connectivity index (χ0n) is 24.0. The fourth-order valence-corrected chi connectivity index (χ4v) is 3.37. The summed E-state index contributed by atoms with van der Waals surface area (Å²) in [6.45, 7) is 6.34. The van der Waals surface area contributed by atoms with Crippen molar-refractivity contribution >= 4 is 24.2 Å². The Bertz CT molecular complexity index is 1010. The third kappa shape index (κ3) is 17.4. The van der Waals surface area contributed by atoms with E-state index in [1.807, 2.05) is 51.1 Å². The third-order valence-electron chi connectivity index (χ3n) is 5.35. The number of aliphatic carboxylic acids is 1. The van der Waals surface area contributed by atoms with Crippen LogP contribution >= 0.6 is 0 Å². The summed E-state index contributed by atoms with van der Waals surface area (Å²) in [5.74, 6) is -0.997. The Morgan fingerprint density at radius 2 is 1.61 bits per heavy atom. The maximum Gasteiger partial charge on any atom is 1.00 e. The zero-order valence-corrected chi connectivity index (χ0v) is 26.5. The maximum absolute atomic E-state index is 12.5. The maximum atomic E-state index is 12.5. The Morgan fingerprint density at radius 1 is 0.951 bits per heavy atom. The topological polar surface area (TPSA) is 125 Å². The van der Waals surface area contributed by atoms with Crippen LogP contribution in [-0.4, -0.2) is 48.3 Å². The molecule has 2 atom stereocenters. The Labute approximate surface area is 256 Å². The van der Waals surface area contributed by atoms with Crippen molar-refractivity contribution in [3.8, 4) is 5.75 Å². The van der Waals surface area contributed by atoms with Gasteiger partial charge in [0.15, 0.2) is 0 Å². The molecule has 0 spiro atoms. The largest absolute Gasteiger partial charge is 1.00 e. The standard InChI is InChI=1S/C23H26O6.C4H8O2.C4H7O.Os/c1-2-8-21(24)28-18-13-14-26-22(15-18)29-20-12-7-6-11-19(20)23(25)27-16-17-9-4-3-5-10-17;1-2-3-4(5)6;1-2-3-4-5;/h3-7,9-12,18,22H,2,8,13-16H2,1H3;2-3H2,1H3,(H,5,6);2-3H2,1H3;/q;;-1;+1. The number of carboxylic acid groups (broad SMARTS) is 1. The molecule has 1 aliphatic heterocycles. The van der Waals surface area contributed by atoms with Crippen LogP contribution in [0.15, 0.2) is 54.6 Å². The molecule has 1 saturated heterocycles. The van der Waals surface area contributed by atoms with Gasteiger partial charge in [-0.3, -0.25) is 15.9 Å². The fourth-order valence-electron chi connectivity index (χ4n) is 3.37. The number of hydrogen-bond donors (Lipinski definition) is 1. The fraction of sp³-hybridized carbons (Fsp3) is 0.484. The summed E-state index contributed by atoms with van der Waals surface area (Å²) >= 11 is 0. The Balaban J connectivity index is 0.00000113. The van der Waals surface area contributed by atoms with Crippen molar-refractivity contribution in [1.82, 2.24) is 0 Å². The minimum absolute atomic E-state index is 0. The average molecular weight is 748 g/mol. The van der Waals surface area contributed by atoms with Crippen molar-refractivity contribution in [2.75, 3.05) is 6.61 Å². The molecule has 1 fully saturated rings. The van der Waals surface area contributed by atoms with E-state index in [-0.39, 0.29) is 38.5 Å². The summed E-state index contributed by atoms with van der Waals surface area (Å²) in [5.41, 5.74) is 1.24. The molecule has 0 saturated carbocycles. The van der Waals surface area contributed by atoms with E-state index in [4.69, 9.17) is 24.1 Å².